The van der Waals surface area contributed by atoms with E-state index in [1.54, 1.807) is 4.90 Å². The van der Waals surface area contributed by atoms with Gasteiger partial charge in [-0.2, -0.15) is 0 Å². The molecule has 0 radical (unpaired) electrons. The fourth-order valence-electron chi connectivity index (χ4n) is 2.32. The second-order valence-corrected chi connectivity index (χ2v) is 5.16. The lowest BCUT2D eigenvalue weighted by Crippen LogP contribution is -2.51. The van der Waals surface area contributed by atoms with Gasteiger partial charge >= 0.3 is 6.03 Å². The summed E-state index contributed by atoms with van der Waals surface area (Å²) in [6.07, 6.45) is 2.50. The van der Waals surface area contributed by atoms with Crippen molar-refractivity contribution in [2.24, 2.45) is 5.73 Å². The highest BCUT2D eigenvalue weighted by atomic mass is 16.2. The highest BCUT2D eigenvalue weighted by Crippen LogP contribution is 2.11. The molecule has 8 nitrogen and oxygen atoms in total. The second-order valence-electron chi connectivity index (χ2n) is 5.16. The topological polar surface area (TPSA) is 117 Å². The molecule has 1 aliphatic heterocycles. The molecular weight excluding hydrogens is 274 g/mol. The maximum Gasteiger partial charge on any atom is 0.321 e. The SMILES string of the molecule is CCCNC(=O)NC(=O)CN(CC(N)=O)C1CCNCC1. The van der Waals surface area contributed by atoms with Gasteiger partial charge in [0.1, 0.15) is 0 Å². The van der Waals surface area contributed by atoms with E-state index >= 15 is 0 Å². The second kappa shape index (κ2) is 9.30. The average Bonchev–Trinajstić information content (AvgIpc) is 2.44. The van der Waals surface area contributed by atoms with E-state index in [1.807, 2.05) is 6.92 Å². The number of carbonyl (C=O) groups is 3. The zero-order chi connectivity index (χ0) is 15.7. The first-order chi connectivity index (χ1) is 10.0. The zero-order valence-electron chi connectivity index (χ0n) is 12.5. The van der Waals surface area contributed by atoms with Crippen LogP contribution in [0.4, 0.5) is 4.79 Å². The van der Waals surface area contributed by atoms with Crippen LogP contribution in [0.5, 0.6) is 0 Å². The number of piperidine rings is 1. The maximum absolute atomic E-state index is 11.9. The molecule has 0 aliphatic carbocycles. The Morgan fingerprint density at radius 2 is 1.90 bits per heavy atom. The molecule has 1 saturated heterocycles. The standard InChI is InChI=1S/C13H25N5O3/c1-2-5-16-13(21)17-12(20)9-18(8-11(14)19)10-3-6-15-7-4-10/h10,15H,2-9H2,1H3,(H2,14,19)(H2,16,17,20,21). The van der Waals surface area contributed by atoms with Gasteiger partial charge in [-0.05, 0) is 32.4 Å². The Balaban J connectivity index is 2.48. The first-order valence-corrected chi connectivity index (χ1v) is 7.33. The third-order valence-electron chi connectivity index (χ3n) is 3.32. The van der Waals surface area contributed by atoms with E-state index < -0.39 is 17.8 Å². The average molecular weight is 299 g/mol. The molecule has 0 bridgehead atoms. The van der Waals surface area contributed by atoms with Gasteiger partial charge in [-0.3, -0.25) is 19.8 Å². The van der Waals surface area contributed by atoms with Crippen molar-refractivity contribution < 1.29 is 14.4 Å². The van der Waals surface area contributed by atoms with Gasteiger partial charge in [-0.25, -0.2) is 4.79 Å². The van der Waals surface area contributed by atoms with Crippen LogP contribution in [0.25, 0.3) is 0 Å². The fourth-order valence-corrected chi connectivity index (χ4v) is 2.32. The number of amides is 4. The summed E-state index contributed by atoms with van der Waals surface area (Å²) >= 11 is 0. The number of nitrogens with one attached hydrogen (secondary N) is 3. The van der Waals surface area contributed by atoms with Gasteiger partial charge < -0.3 is 16.4 Å². The van der Waals surface area contributed by atoms with Crippen molar-refractivity contribution in [2.75, 3.05) is 32.7 Å². The molecule has 21 heavy (non-hydrogen) atoms. The van der Waals surface area contributed by atoms with Crippen LogP contribution in [0.2, 0.25) is 0 Å². The summed E-state index contributed by atoms with van der Waals surface area (Å²) < 4.78 is 0. The van der Waals surface area contributed by atoms with Gasteiger partial charge in [0.2, 0.25) is 11.8 Å². The minimum atomic E-state index is -0.508. The number of hydrogen-bond donors (Lipinski definition) is 4. The van der Waals surface area contributed by atoms with Gasteiger partial charge in [0.25, 0.3) is 0 Å². The molecule has 0 aromatic rings. The van der Waals surface area contributed by atoms with Crippen molar-refractivity contribution in [3.63, 3.8) is 0 Å². The molecule has 4 amide bonds. The number of urea groups is 1. The van der Waals surface area contributed by atoms with Crippen LogP contribution < -0.4 is 21.7 Å². The van der Waals surface area contributed by atoms with Crippen molar-refractivity contribution in [3.8, 4) is 0 Å². The fraction of sp³-hybridized carbons (Fsp3) is 0.769. The third-order valence-corrected chi connectivity index (χ3v) is 3.32. The van der Waals surface area contributed by atoms with Crippen molar-refractivity contribution in [3.05, 3.63) is 0 Å². The molecule has 5 N–H and O–H groups in total. The van der Waals surface area contributed by atoms with E-state index in [2.05, 4.69) is 16.0 Å². The Hall–Kier alpha value is -1.67. The maximum atomic E-state index is 11.9. The number of hydrogen-bond acceptors (Lipinski definition) is 5. The smallest absolute Gasteiger partial charge is 0.321 e. The predicted octanol–water partition coefficient (Wildman–Crippen LogP) is -1.24. The predicted molar refractivity (Wildman–Crippen MR) is 78.5 cm³/mol. The summed E-state index contributed by atoms with van der Waals surface area (Å²) in [5, 5.41) is 8.05. The minimum absolute atomic E-state index is 0.00679. The molecule has 0 aromatic heterocycles. The number of primary amides is 1. The zero-order valence-corrected chi connectivity index (χ0v) is 12.5. The molecule has 0 spiro atoms. The van der Waals surface area contributed by atoms with Crippen LogP contribution in [-0.2, 0) is 9.59 Å². The van der Waals surface area contributed by atoms with Crippen LogP contribution in [0.1, 0.15) is 26.2 Å². The monoisotopic (exact) mass is 299 g/mol. The van der Waals surface area contributed by atoms with E-state index in [0.717, 1.165) is 32.4 Å². The van der Waals surface area contributed by atoms with Gasteiger partial charge in [-0.15, -0.1) is 0 Å². The Morgan fingerprint density at radius 3 is 2.48 bits per heavy atom. The Bertz CT molecular complexity index is 369. The summed E-state index contributed by atoms with van der Waals surface area (Å²) in [6, 6.07) is -0.380. The Labute approximate surface area is 124 Å². The summed E-state index contributed by atoms with van der Waals surface area (Å²) in [7, 11) is 0. The van der Waals surface area contributed by atoms with Crippen LogP contribution in [0.3, 0.4) is 0 Å². The highest BCUT2D eigenvalue weighted by molar-refractivity contribution is 5.95. The molecule has 0 unspecified atom stereocenters. The molecule has 1 fully saturated rings. The van der Waals surface area contributed by atoms with E-state index in [4.69, 9.17) is 5.73 Å². The van der Waals surface area contributed by atoms with Crippen LogP contribution in [0.15, 0.2) is 0 Å². The molecule has 0 aromatic carbocycles. The first kappa shape index (κ1) is 17.4. The lowest BCUT2D eigenvalue weighted by molar-refractivity contribution is -0.124. The van der Waals surface area contributed by atoms with Crippen molar-refractivity contribution >= 4 is 17.8 Å². The summed E-state index contributed by atoms with van der Waals surface area (Å²) in [4.78, 5) is 36.2. The number of nitrogens with zero attached hydrogens (tertiary/aromatic N) is 1. The minimum Gasteiger partial charge on any atom is -0.369 e. The van der Waals surface area contributed by atoms with E-state index in [-0.39, 0.29) is 19.1 Å². The van der Waals surface area contributed by atoms with E-state index in [1.165, 1.54) is 0 Å². The van der Waals surface area contributed by atoms with Crippen LogP contribution >= 0.6 is 0 Å². The molecule has 1 aliphatic rings. The molecule has 120 valence electrons. The third kappa shape index (κ3) is 7.05. The molecular formula is C13H25N5O3. The van der Waals surface area contributed by atoms with Gasteiger partial charge in [0.05, 0.1) is 13.1 Å². The lowest BCUT2D eigenvalue weighted by Gasteiger charge is -2.33. The van der Waals surface area contributed by atoms with Gasteiger partial charge in [-0.1, -0.05) is 6.92 Å². The van der Waals surface area contributed by atoms with Crippen molar-refractivity contribution in [1.82, 2.24) is 20.9 Å². The number of nitrogens with two attached hydrogens (primary N) is 1. The van der Waals surface area contributed by atoms with E-state index in [9.17, 15) is 14.4 Å². The highest BCUT2D eigenvalue weighted by Gasteiger charge is 2.24. The molecule has 1 rings (SSSR count). The van der Waals surface area contributed by atoms with Crippen LogP contribution in [0, 0.1) is 0 Å². The summed E-state index contributed by atoms with van der Waals surface area (Å²) in [6.45, 7) is 4.14. The first-order valence-electron chi connectivity index (χ1n) is 7.33. The van der Waals surface area contributed by atoms with Crippen molar-refractivity contribution in [1.29, 1.82) is 0 Å². The quantitative estimate of drug-likeness (QED) is 0.469. The molecule has 8 heteroatoms. The van der Waals surface area contributed by atoms with Gasteiger partial charge in [0, 0.05) is 12.6 Å². The number of carbonyl (C=O) groups excluding carboxylic acids is 3. The lowest BCUT2D eigenvalue weighted by atomic mass is 10.0. The molecule has 1 heterocycles. The van der Waals surface area contributed by atoms with E-state index in [0.29, 0.717) is 6.54 Å². The Morgan fingerprint density at radius 1 is 1.24 bits per heavy atom. The normalized spacial score (nSPS) is 15.7. The largest absolute Gasteiger partial charge is 0.369 e. The summed E-state index contributed by atoms with van der Waals surface area (Å²) in [5.41, 5.74) is 5.24. The molecule has 0 atom stereocenters. The Kier molecular flexibility index (Phi) is 7.70. The van der Waals surface area contributed by atoms with Crippen LogP contribution in [-0.4, -0.2) is 61.5 Å². The molecule has 0 saturated carbocycles. The number of imide groups is 1. The summed E-state index contributed by atoms with van der Waals surface area (Å²) in [5.74, 6) is -0.903. The van der Waals surface area contributed by atoms with Gasteiger partial charge in [0.15, 0.2) is 0 Å². The number of rotatable bonds is 7. The van der Waals surface area contributed by atoms with Crippen molar-refractivity contribution in [2.45, 2.75) is 32.2 Å².